The van der Waals surface area contributed by atoms with Crippen LogP contribution in [0.2, 0.25) is 0 Å². The molecule has 3 fully saturated rings. The fourth-order valence-corrected chi connectivity index (χ4v) is 8.34. The number of hydrogen-bond donors (Lipinski definition) is 6. The Bertz CT molecular complexity index is 1520. The maximum absolute atomic E-state index is 13.9. The standard InChI is InChI=1S/C40H62F4N2O5.C10H20O3S.C2H6/c1-3-4-11-17-33(31-15-14-16-31)45-22-24-48-26-28-50-29-27-49-25-23-46-34(32-20-21-32)18-12-9-7-5-6-8-10-13-19-35(47)51-40-30(2)36(41)37(42)38(43)39(40)44;11-5-4-8(12)9(13)6-10(14)7-2-1-3-7;1-2/h45-46H,3-29H2,1-2H3;7-14H,1-6H2;1-2H3. The molecule has 3 unspecified atom stereocenters. The molecule has 3 aliphatic rings. The minimum atomic E-state index is -1.99. The van der Waals surface area contributed by atoms with Crippen LogP contribution in [0.3, 0.4) is 0 Å². The summed E-state index contributed by atoms with van der Waals surface area (Å²) in [6.07, 6.45) is 23.0. The quantitative estimate of drug-likeness (QED) is 0.00733. The number of allylic oxidation sites excluding steroid dienone is 4. The summed E-state index contributed by atoms with van der Waals surface area (Å²) in [6.45, 7) is 12.5. The highest BCUT2D eigenvalue weighted by molar-refractivity contribution is 7.81. The van der Waals surface area contributed by atoms with E-state index in [1.54, 1.807) is 5.57 Å². The fraction of sp³-hybridized carbons (Fsp3) is 0.788. The van der Waals surface area contributed by atoms with Crippen LogP contribution in [0.15, 0.2) is 22.5 Å². The average Bonchev–Trinajstić information content (AvgIpc) is 4.13. The highest BCUT2D eigenvalue weighted by Gasteiger charge is 2.29. The Morgan fingerprint density at radius 3 is 1.60 bits per heavy atom. The second kappa shape index (κ2) is 37.4. The first-order chi connectivity index (χ1) is 32.5. The van der Waals surface area contributed by atoms with Gasteiger partial charge in [0.25, 0.3) is 0 Å². The van der Waals surface area contributed by atoms with Gasteiger partial charge in [-0.1, -0.05) is 89.7 Å². The molecule has 0 aliphatic heterocycles. The van der Waals surface area contributed by atoms with Crippen LogP contribution in [-0.2, 0) is 19.0 Å². The zero-order valence-corrected chi connectivity index (χ0v) is 42.4. The number of carbonyl (C=O) groups is 1. The maximum Gasteiger partial charge on any atom is 0.311 e. The third kappa shape index (κ3) is 25.3. The Morgan fingerprint density at radius 1 is 0.657 bits per heavy atom. The van der Waals surface area contributed by atoms with Crippen molar-refractivity contribution >= 4 is 18.6 Å². The molecule has 3 saturated carbocycles. The van der Waals surface area contributed by atoms with Gasteiger partial charge in [0.05, 0.1) is 51.8 Å². The van der Waals surface area contributed by atoms with Crippen molar-refractivity contribution in [1.82, 2.24) is 10.6 Å². The van der Waals surface area contributed by atoms with Gasteiger partial charge in [0.2, 0.25) is 11.6 Å². The lowest BCUT2D eigenvalue weighted by atomic mass is 9.80. The van der Waals surface area contributed by atoms with Gasteiger partial charge in [-0.2, -0.15) is 17.0 Å². The number of thiol groups is 1. The molecule has 1 aromatic carbocycles. The summed E-state index contributed by atoms with van der Waals surface area (Å²) < 4.78 is 76.3. The molecule has 0 amide bonds. The molecule has 0 spiro atoms. The van der Waals surface area contributed by atoms with E-state index in [0.29, 0.717) is 58.4 Å². The van der Waals surface area contributed by atoms with E-state index in [1.807, 2.05) is 13.8 Å². The van der Waals surface area contributed by atoms with Crippen molar-refractivity contribution in [3.05, 3.63) is 51.4 Å². The van der Waals surface area contributed by atoms with Crippen LogP contribution in [0.4, 0.5) is 17.6 Å². The Kier molecular flexibility index (Phi) is 33.9. The maximum atomic E-state index is 13.9. The zero-order valence-electron chi connectivity index (χ0n) is 41.5. The van der Waals surface area contributed by atoms with Crippen LogP contribution >= 0.6 is 12.6 Å². The molecular formula is C52H88F4N2O8S. The summed E-state index contributed by atoms with van der Waals surface area (Å²) in [5, 5.41) is 35.0. The Hall–Kier alpha value is -2.40. The summed E-state index contributed by atoms with van der Waals surface area (Å²) in [7, 11) is 0. The van der Waals surface area contributed by atoms with Gasteiger partial charge in [-0.15, -0.1) is 0 Å². The average molecular weight is 977 g/mol. The molecule has 5 N–H and O–H groups in total. The predicted octanol–water partition coefficient (Wildman–Crippen LogP) is 11.3. The number of halogens is 4. The number of ether oxygens (including phenoxy) is 4. The first kappa shape index (κ1) is 60.7. The number of unbranched alkanes of at least 4 members (excludes halogenated alkanes) is 9. The van der Waals surface area contributed by atoms with E-state index in [1.165, 1.54) is 94.0 Å². The molecule has 3 atom stereocenters. The Balaban J connectivity index is 0.000000814. The predicted molar refractivity (Wildman–Crippen MR) is 262 cm³/mol. The van der Waals surface area contributed by atoms with Crippen LogP contribution in [0, 0.1) is 36.1 Å². The number of carbonyl (C=O) groups excluding carboxylic acids is 1. The van der Waals surface area contributed by atoms with E-state index in [9.17, 15) is 32.6 Å². The number of aliphatic hydroxyl groups excluding tert-OH is 3. The number of hydrogen-bond acceptors (Lipinski definition) is 11. The molecule has 15 heteroatoms. The van der Waals surface area contributed by atoms with E-state index in [0.717, 1.165) is 71.4 Å². The van der Waals surface area contributed by atoms with Gasteiger partial charge in [0, 0.05) is 48.3 Å². The molecule has 1 aromatic rings. The van der Waals surface area contributed by atoms with Crippen molar-refractivity contribution in [2.24, 2.45) is 5.92 Å². The summed E-state index contributed by atoms with van der Waals surface area (Å²) in [4.78, 5) is 12.0. The van der Waals surface area contributed by atoms with Gasteiger partial charge in [0.15, 0.2) is 17.4 Å². The van der Waals surface area contributed by atoms with Crippen LogP contribution in [-0.4, -0.2) is 98.1 Å². The number of esters is 1. The second-order valence-electron chi connectivity index (χ2n) is 17.8. The molecule has 4 rings (SSSR count). The highest BCUT2D eigenvalue weighted by Crippen LogP contribution is 2.35. The highest BCUT2D eigenvalue weighted by atomic mass is 32.1. The molecule has 67 heavy (non-hydrogen) atoms. The van der Waals surface area contributed by atoms with Gasteiger partial charge < -0.3 is 44.9 Å². The minimum absolute atomic E-state index is 0.00460. The van der Waals surface area contributed by atoms with E-state index < -0.39 is 52.8 Å². The van der Waals surface area contributed by atoms with Gasteiger partial charge in [0.1, 0.15) is 0 Å². The third-order valence-corrected chi connectivity index (χ3v) is 13.2. The number of aliphatic hydroxyl groups is 3. The number of nitrogens with one attached hydrogen (secondary N) is 2. The van der Waals surface area contributed by atoms with E-state index in [4.69, 9.17) is 24.1 Å². The Labute approximate surface area is 406 Å². The molecule has 3 aliphatic carbocycles. The first-order valence-corrected chi connectivity index (χ1v) is 26.3. The van der Waals surface area contributed by atoms with Crippen LogP contribution < -0.4 is 15.4 Å². The van der Waals surface area contributed by atoms with Crippen LogP contribution in [0.1, 0.15) is 180 Å². The topological polar surface area (TPSA) is 139 Å². The van der Waals surface area contributed by atoms with E-state index >= 15 is 0 Å². The van der Waals surface area contributed by atoms with Crippen molar-refractivity contribution in [2.45, 2.75) is 199 Å². The van der Waals surface area contributed by atoms with Gasteiger partial charge in [-0.3, -0.25) is 4.79 Å². The molecule has 388 valence electrons. The molecular weight excluding hydrogens is 889 g/mol. The van der Waals surface area contributed by atoms with Crippen LogP contribution in [0.5, 0.6) is 5.75 Å². The summed E-state index contributed by atoms with van der Waals surface area (Å²) in [5.74, 6) is -8.23. The van der Waals surface area contributed by atoms with Crippen LogP contribution in [0.25, 0.3) is 0 Å². The van der Waals surface area contributed by atoms with Gasteiger partial charge in [-0.25, -0.2) is 13.2 Å². The SMILES string of the molecule is CC.CCCCCC(NCCOCCOCCOCCNC(CCCCCCCCCCC(=O)Oc1c(C)c(F)c(F)c(F)c1F)=C1CC1)=C1CCC1.OCCC(O)C(O)CC(S)C1CCC1. The smallest absolute Gasteiger partial charge is 0.311 e. The van der Waals surface area contributed by atoms with Crippen molar-refractivity contribution in [1.29, 1.82) is 0 Å². The molecule has 0 saturated heterocycles. The molecule has 10 nitrogen and oxygen atoms in total. The number of rotatable bonds is 36. The minimum Gasteiger partial charge on any atom is -0.423 e. The van der Waals surface area contributed by atoms with E-state index in [-0.39, 0.29) is 24.7 Å². The lowest BCUT2D eigenvalue weighted by molar-refractivity contribution is -0.134. The summed E-state index contributed by atoms with van der Waals surface area (Å²) in [5.41, 5.74) is 5.43. The summed E-state index contributed by atoms with van der Waals surface area (Å²) >= 11 is 4.42. The molecule has 0 radical (unpaired) electrons. The summed E-state index contributed by atoms with van der Waals surface area (Å²) in [6, 6.07) is 0. The second-order valence-corrected chi connectivity index (χ2v) is 18.5. The van der Waals surface area contributed by atoms with Crippen molar-refractivity contribution in [3.8, 4) is 5.75 Å². The van der Waals surface area contributed by atoms with Gasteiger partial charge in [-0.05, 0) is 103 Å². The van der Waals surface area contributed by atoms with Crippen molar-refractivity contribution in [2.75, 3.05) is 59.3 Å². The lowest BCUT2D eigenvalue weighted by Crippen LogP contribution is -2.33. The largest absolute Gasteiger partial charge is 0.423 e. The third-order valence-electron chi connectivity index (χ3n) is 12.5. The van der Waals surface area contributed by atoms with Crippen molar-refractivity contribution < 1.29 is 56.6 Å². The number of benzene rings is 1. The monoisotopic (exact) mass is 977 g/mol. The lowest BCUT2D eigenvalue weighted by Gasteiger charge is -2.32. The first-order valence-electron chi connectivity index (χ1n) is 25.8. The zero-order chi connectivity index (χ0) is 49.2. The van der Waals surface area contributed by atoms with Crippen molar-refractivity contribution in [3.63, 3.8) is 0 Å². The normalized spacial score (nSPS) is 15.5. The molecule has 0 bridgehead atoms. The molecule has 0 heterocycles. The fourth-order valence-electron chi connectivity index (χ4n) is 7.83. The Morgan fingerprint density at radius 2 is 1.13 bits per heavy atom. The van der Waals surface area contributed by atoms with E-state index in [2.05, 4.69) is 30.2 Å². The van der Waals surface area contributed by atoms with Gasteiger partial charge >= 0.3 is 5.97 Å². The molecule has 0 aromatic heterocycles.